The minimum absolute atomic E-state index is 0.353. The summed E-state index contributed by atoms with van der Waals surface area (Å²) in [5, 5.41) is 9.03. The molecule has 0 fully saturated rings. The van der Waals surface area contributed by atoms with Crippen LogP contribution in [0.3, 0.4) is 0 Å². The fourth-order valence-electron chi connectivity index (χ4n) is 0.813. The molecule has 0 aliphatic rings. The fraction of sp³-hybridized carbons (Fsp3) is 0.250. The van der Waals surface area contributed by atoms with Crippen LogP contribution in [-0.4, -0.2) is 11.4 Å². The molecule has 0 atom stereocenters. The van der Waals surface area contributed by atoms with Crippen LogP contribution < -0.4 is 0 Å². The van der Waals surface area contributed by atoms with Gasteiger partial charge in [-0.15, -0.1) is 0 Å². The van der Waals surface area contributed by atoms with Crippen LogP contribution in [0.25, 0.3) is 0 Å². The Morgan fingerprint density at radius 1 is 1.50 bits per heavy atom. The monoisotopic (exact) mass is 154 g/mol. The molecule has 0 spiro atoms. The van der Waals surface area contributed by atoms with Gasteiger partial charge in [-0.2, -0.15) is 11.8 Å². The van der Waals surface area contributed by atoms with Crippen LogP contribution in [0, 0.1) is 0 Å². The SMILES string of the molecule is CSCc1cccc(O)c1. The highest BCUT2D eigenvalue weighted by atomic mass is 32.2. The maximum atomic E-state index is 9.03. The Morgan fingerprint density at radius 3 is 2.90 bits per heavy atom. The summed E-state index contributed by atoms with van der Waals surface area (Å²) in [7, 11) is 0. The average molecular weight is 154 g/mol. The standard InChI is InChI=1S/C8H10OS/c1-10-6-7-3-2-4-8(9)5-7/h2-5,9H,6H2,1H3. The van der Waals surface area contributed by atoms with Crippen LogP contribution in [0.1, 0.15) is 5.56 Å². The zero-order valence-electron chi connectivity index (χ0n) is 5.87. The first-order valence-corrected chi connectivity index (χ1v) is 4.49. The van der Waals surface area contributed by atoms with Crippen molar-refractivity contribution in [1.82, 2.24) is 0 Å². The Kier molecular flexibility index (Phi) is 2.63. The van der Waals surface area contributed by atoms with E-state index in [0.29, 0.717) is 5.75 Å². The molecule has 0 saturated heterocycles. The van der Waals surface area contributed by atoms with Crippen molar-refractivity contribution >= 4 is 11.8 Å². The van der Waals surface area contributed by atoms with Gasteiger partial charge in [0.2, 0.25) is 0 Å². The van der Waals surface area contributed by atoms with Crippen LogP contribution in [-0.2, 0) is 5.75 Å². The van der Waals surface area contributed by atoms with E-state index in [2.05, 4.69) is 0 Å². The molecule has 0 aliphatic carbocycles. The van der Waals surface area contributed by atoms with Crippen molar-refractivity contribution in [2.45, 2.75) is 5.75 Å². The Hall–Kier alpha value is -0.630. The number of aromatic hydroxyl groups is 1. The van der Waals surface area contributed by atoms with Crippen LogP contribution in [0.5, 0.6) is 5.75 Å². The van der Waals surface area contributed by atoms with Crippen LogP contribution >= 0.6 is 11.8 Å². The Labute approximate surface area is 65.1 Å². The quantitative estimate of drug-likeness (QED) is 0.705. The summed E-state index contributed by atoms with van der Waals surface area (Å²) in [6.45, 7) is 0. The van der Waals surface area contributed by atoms with Crippen molar-refractivity contribution in [3.63, 3.8) is 0 Å². The van der Waals surface area contributed by atoms with Crippen molar-refractivity contribution in [2.24, 2.45) is 0 Å². The molecule has 1 nitrogen and oxygen atoms in total. The van der Waals surface area contributed by atoms with Gasteiger partial charge in [0.1, 0.15) is 5.75 Å². The molecule has 0 saturated carbocycles. The number of hydrogen-bond acceptors (Lipinski definition) is 2. The molecule has 1 rings (SSSR count). The molecule has 0 bridgehead atoms. The Morgan fingerprint density at radius 2 is 2.30 bits per heavy atom. The van der Waals surface area contributed by atoms with Gasteiger partial charge in [-0.1, -0.05) is 12.1 Å². The normalized spacial score (nSPS) is 9.70. The first kappa shape index (κ1) is 7.48. The smallest absolute Gasteiger partial charge is 0.115 e. The van der Waals surface area contributed by atoms with E-state index in [1.165, 1.54) is 5.56 Å². The van der Waals surface area contributed by atoms with Gasteiger partial charge in [0.15, 0.2) is 0 Å². The van der Waals surface area contributed by atoms with Gasteiger partial charge in [-0.3, -0.25) is 0 Å². The second-order valence-electron chi connectivity index (χ2n) is 2.10. The van der Waals surface area contributed by atoms with Gasteiger partial charge < -0.3 is 5.11 Å². The van der Waals surface area contributed by atoms with E-state index >= 15 is 0 Å². The largest absolute Gasteiger partial charge is 0.508 e. The lowest BCUT2D eigenvalue weighted by molar-refractivity contribution is 0.475. The molecule has 0 aliphatic heterocycles. The molecule has 10 heavy (non-hydrogen) atoms. The third-order valence-electron chi connectivity index (χ3n) is 1.22. The molecule has 0 unspecified atom stereocenters. The van der Waals surface area contributed by atoms with E-state index < -0.39 is 0 Å². The summed E-state index contributed by atoms with van der Waals surface area (Å²) in [5.41, 5.74) is 1.17. The van der Waals surface area contributed by atoms with Crippen LogP contribution in [0.15, 0.2) is 24.3 Å². The summed E-state index contributed by atoms with van der Waals surface area (Å²) in [6.07, 6.45) is 2.05. The molecule has 0 amide bonds. The van der Waals surface area contributed by atoms with Crippen molar-refractivity contribution in [1.29, 1.82) is 0 Å². The van der Waals surface area contributed by atoms with Crippen molar-refractivity contribution in [2.75, 3.05) is 6.26 Å². The highest BCUT2D eigenvalue weighted by Gasteiger charge is 1.90. The van der Waals surface area contributed by atoms with Crippen molar-refractivity contribution in [3.05, 3.63) is 29.8 Å². The van der Waals surface area contributed by atoms with E-state index in [-0.39, 0.29) is 0 Å². The maximum Gasteiger partial charge on any atom is 0.115 e. The molecule has 0 heterocycles. The molecule has 54 valence electrons. The van der Waals surface area contributed by atoms with E-state index in [1.54, 1.807) is 23.9 Å². The highest BCUT2D eigenvalue weighted by molar-refractivity contribution is 7.97. The predicted molar refractivity (Wildman–Crippen MR) is 45.3 cm³/mol. The molecule has 1 aromatic carbocycles. The zero-order valence-corrected chi connectivity index (χ0v) is 6.69. The number of phenols is 1. The summed E-state index contributed by atoms with van der Waals surface area (Å²) >= 11 is 1.75. The average Bonchev–Trinajstić information content (AvgIpc) is 1.88. The number of thioether (sulfide) groups is 1. The lowest BCUT2D eigenvalue weighted by Crippen LogP contribution is -1.76. The highest BCUT2D eigenvalue weighted by Crippen LogP contribution is 2.14. The minimum atomic E-state index is 0.353. The molecule has 1 N–H and O–H groups in total. The molecular weight excluding hydrogens is 144 g/mol. The molecule has 1 aromatic rings. The summed E-state index contributed by atoms with van der Waals surface area (Å²) < 4.78 is 0. The van der Waals surface area contributed by atoms with E-state index in [4.69, 9.17) is 5.11 Å². The summed E-state index contributed by atoms with van der Waals surface area (Å²) in [4.78, 5) is 0. The van der Waals surface area contributed by atoms with Gasteiger partial charge in [0.25, 0.3) is 0 Å². The van der Waals surface area contributed by atoms with Crippen LogP contribution in [0.2, 0.25) is 0 Å². The van der Waals surface area contributed by atoms with Crippen molar-refractivity contribution < 1.29 is 5.11 Å². The summed E-state index contributed by atoms with van der Waals surface area (Å²) in [6, 6.07) is 7.34. The van der Waals surface area contributed by atoms with E-state index in [9.17, 15) is 0 Å². The predicted octanol–water partition coefficient (Wildman–Crippen LogP) is 2.26. The van der Waals surface area contributed by atoms with Gasteiger partial charge in [-0.05, 0) is 24.0 Å². The Balaban J connectivity index is 2.75. The number of phenolic OH excluding ortho intramolecular Hbond substituents is 1. The zero-order chi connectivity index (χ0) is 7.40. The van der Waals surface area contributed by atoms with Gasteiger partial charge in [0, 0.05) is 5.75 Å². The van der Waals surface area contributed by atoms with E-state index in [0.717, 1.165) is 5.75 Å². The fourth-order valence-corrected chi connectivity index (χ4v) is 1.33. The lowest BCUT2D eigenvalue weighted by atomic mass is 10.2. The maximum absolute atomic E-state index is 9.03. The molecule has 0 radical (unpaired) electrons. The number of benzene rings is 1. The third-order valence-corrected chi connectivity index (χ3v) is 1.84. The van der Waals surface area contributed by atoms with Gasteiger partial charge in [-0.25, -0.2) is 0 Å². The molecule has 2 heteroatoms. The number of hydrogen-bond donors (Lipinski definition) is 1. The minimum Gasteiger partial charge on any atom is -0.508 e. The van der Waals surface area contributed by atoms with Crippen molar-refractivity contribution in [3.8, 4) is 5.75 Å². The second kappa shape index (κ2) is 3.52. The topological polar surface area (TPSA) is 20.2 Å². The van der Waals surface area contributed by atoms with Crippen LogP contribution in [0.4, 0.5) is 0 Å². The molecule has 0 aromatic heterocycles. The van der Waals surface area contributed by atoms with E-state index in [1.807, 2.05) is 18.4 Å². The van der Waals surface area contributed by atoms with Gasteiger partial charge >= 0.3 is 0 Å². The Bertz CT molecular complexity index is 210. The first-order chi connectivity index (χ1) is 4.83. The number of rotatable bonds is 2. The first-order valence-electron chi connectivity index (χ1n) is 3.10. The summed E-state index contributed by atoms with van der Waals surface area (Å²) in [5.74, 6) is 1.32. The third kappa shape index (κ3) is 1.95. The van der Waals surface area contributed by atoms with Gasteiger partial charge in [0.05, 0.1) is 0 Å². The second-order valence-corrected chi connectivity index (χ2v) is 2.97. The lowest BCUT2D eigenvalue weighted by Gasteiger charge is -1.97. The molecular formula is C8H10OS.